The van der Waals surface area contributed by atoms with Crippen LogP contribution in [-0.4, -0.2) is 23.9 Å². The number of benzene rings is 1. The Morgan fingerprint density at radius 2 is 1.32 bits per heavy atom. The number of ether oxygens (including phenoxy) is 2. The lowest BCUT2D eigenvalue weighted by Gasteiger charge is -2.52. The fourth-order valence-corrected chi connectivity index (χ4v) is 5.36. The normalized spacial score (nSPS) is 40.8. The van der Waals surface area contributed by atoms with Gasteiger partial charge in [-0.15, -0.1) is 0 Å². The number of carbonyl (C=O) groups is 4. The molecule has 0 N–H and O–H groups in total. The molecule has 4 unspecified atom stereocenters. The second-order valence-corrected chi connectivity index (χ2v) is 7.78. The van der Waals surface area contributed by atoms with Crippen molar-refractivity contribution < 1.29 is 28.7 Å². The number of rotatable bonds is 1. The molecule has 2 bridgehead atoms. The van der Waals surface area contributed by atoms with Gasteiger partial charge in [0.2, 0.25) is 0 Å². The van der Waals surface area contributed by atoms with Crippen molar-refractivity contribution in [3.63, 3.8) is 0 Å². The van der Waals surface area contributed by atoms with E-state index in [0.717, 1.165) is 4.47 Å². The van der Waals surface area contributed by atoms with Crippen LogP contribution < -0.4 is 0 Å². The maximum Gasteiger partial charge on any atom is 0.318 e. The molecule has 7 heteroatoms. The van der Waals surface area contributed by atoms with Crippen LogP contribution in [0.5, 0.6) is 0 Å². The number of esters is 4. The Hall–Kier alpha value is -2.28. The van der Waals surface area contributed by atoms with E-state index in [1.165, 1.54) is 0 Å². The van der Waals surface area contributed by atoms with Crippen molar-refractivity contribution >= 4 is 39.8 Å². The van der Waals surface area contributed by atoms with Crippen molar-refractivity contribution in [2.75, 3.05) is 0 Å². The number of halogens is 1. The average Bonchev–Trinajstić information content (AvgIpc) is 3.08. The molecule has 0 aromatic heterocycles. The predicted octanol–water partition coefficient (Wildman–Crippen LogP) is 1.52. The van der Waals surface area contributed by atoms with Gasteiger partial charge < -0.3 is 9.47 Å². The van der Waals surface area contributed by atoms with E-state index in [0.29, 0.717) is 5.56 Å². The van der Waals surface area contributed by atoms with Crippen LogP contribution >= 0.6 is 15.9 Å². The van der Waals surface area contributed by atoms with Gasteiger partial charge in [-0.25, -0.2) is 0 Å². The van der Waals surface area contributed by atoms with E-state index < -0.39 is 58.9 Å². The highest BCUT2D eigenvalue weighted by atomic mass is 79.9. The standard InChI is InChI=1S/C18H11BrO6/c19-8-3-1-7(2-4-8)18-6-5-9(10-12(18)16(22)24-14(10)20)11-13(18)17(23)25-15(11)21/h1-6,9-13H. The largest absolute Gasteiger partial charge is 0.393 e. The van der Waals surface area contributed by atoms with Crippen LogP contribution in [0, 0.1) is 29.6 Å². The molecule has 6 rings (SSSR count). The molecular weight excluding hydrogens is 392 g/mol. The van der Waals surface area contributed by atoms with Crippen LogP contribution in [0.15, 0.2) is 40.9 Å². The molecule has 4 atom stereocenters. The first kappa shape index (κ1) is 15.0. The third-order valence-electron chi connectivity index (χ3n) is 5.97. The topological polar surface area (TPSA) is 86.7 Å². The Morgan fingerprint density at radius 3 is 1.84 bits per heavy atom. The summed E-state index contributed by atoms with van der Waals surface area (Å²) in [6.45, 7) is 0. The molecule has 0 spiro atoms. The SMILES string of the molecule is O=C1OC(=O)C2C1C1C=CC2(c2ccc(Br)cc2)C2C(=O)OC(=O)C12. The second kappa shape index (κ2) is 4.66. The molecule has 25 heavy (non-hydrogen) atoms. The van der Waals surface area contributed by atoms with Gasteiger partial charge in [0.15, 0.2) is 0 Å². The number of hydrogen-bond acceptors (Lipinski definition) is 6. The lowest BCUT2D eigenvalue weighted by Crippen LogP contribution is -2.60. The summed E-state index contributed by atoms with van der Waals surface area (Å²) in [5.41, 5.74) is -0.425. The van der Waals surface area contributed by atoms with E-state index in [-0.39, 0.29) is 0 Å². The van der Waals surface area contributed by atoms with E-state index in [4.69, 9.17) is 9.47 Å². The molecule has 2 aliphatic heterocycles. The van der Waals surface area contributed by atoms with Gasteiger partial charge >= 0.3 is 23.9 Å². The Morgan fingerprint density at radius 1 is 0.800 bits per heavy atom. The maximum atomic E-state index is 12.5. The third-order valence-corrected chi connectivity index (χ3v) is 6.50. The fourth-order valence-electron chi connectivity index (χ4n) is 5.10. The van der Waals surface area contributed by atoms with Gasteiger partial charge in [-0.1, -0.05) is 40.2 Å². The van der Waals surface area contributed by atoms with Gasteiger partial charge in [-0.3, -0.25) is 19.2 Å². The first-order valence-electron chi connectivity index (χ1n) is 7.91. The summed E-state index contributed by atoms with van der Waals surface area (Å²) in [5.74, 6) is -6.26. The smallest absolute Gasteiger partial charge is 0.318 e. The quantitative estimate of drug-likeness (QED) is 0.402. The van der Waals surface area contributed by atoms with Crippen molar-refractivity contribution in [3.05, 3.63) is 46.5 Å². The van der Waals surface area contributed by atoms with Gasteiger partial charge in [0.25, 0.3) is 0 Å². The summed E-state index contributed by atoms with van der Waals surface area (Å²) < 4.78 is 10.6. The summed E-state index contributed by atoms with van der Waals surface area (Å²) in [4.78, 5) is 49.6. The Balaban J connectivity index is 1.81. The highest BCUT2D eigenvalue weighted by Gasteiger charge is 2.74. The van der Waals surface area contributed by atoms with Crippen molar-refractivity contribution in [1.82, 2.24) is 0 Å². The van der Waals surface area contributed by atoms with E-state index >= 15 is 0 Å². The molecule has 5 aliphatic rings. The van der Waals surface area contributed by atoms with Gasteiger partial charge in [-0.05, 0) is 17.7 Å². The molecule has 0 radical (unpaired) electrons. The van der Waals surface area contributed by atoms with E-state index in [1.807, 2.05) is 0 Å². The summed E-state index contributed by atoms with van der Waals surface area (Å²) in [6, 6.07) is 7.18. The van der Waals surface area contributed by atoms with E-state index in [9.17, 15) is 19.2 Å². The molecule has 2 saturated heterocycles. The lowest BCUT2D eigenvalue weighted by atomic mass is 9.45. The summed E-state index contributed by atoms with van der Waals surface area (Å²) >= 11 is 3.37. The molecule has 1 saturated carbocycles. The van der Waals surface area contributed by atoms with Gasteiger partial charge in [-0.2, -0.15) is 0 Å². The number of allylic oxidation sites excluding steroid dienone is 2. The Kier molecular flexibility index (Phi) is 2.80. The third kappa shape index (κ3) is 1.64. The molecule has 3 aliphatic carbocycles. The van der Waals surface area contributed by atoms with Crippen LogP contribution in [0.4, 0.5) is 0 Å². The average molecular weight is 403 g/mol. The zero-order valence-electron chi connectivity index (χ0n) is 12.7. The van der Waals surface area contributed by atoms with Crippen LogP contribution in [0.1, 0.15) is 5.56 Å². The molecule has 3 fully saturated rings. The van der Waals surface area contributed by atoms with Crippen LogP contribution in [0.25, 0.3) is 0 Å². The zero-order chi connectivity index (χ0) is 17.5. The number of cyclic esters (lactones) is 4. The second-order valence-electron chi connectivity index (χ2n) is 6.86. The minimum absolute atomic E-state index is 0.551. The summed E-state index contributed by atoms with van der Waals surface area (Å²) in [7, 11) is 0. The first-order chi connectivity index (χ1) is 11.9. The summed E-state index contributed by atoms with van der Waals surface area (Å²) in [5, 5.41) is 0. The van der Waals surface area contributed by atoms with Crippen molar-refractivity contribution in [2.45, 2.75) is 5.41 Å². The zero-order valence-corrected chi connectivity index (χ0v) is 14.3. The monoisotopic (exact) mass is 402 g/mol. The van der Waals surface area contributed by atoms with Gasteiger partial charge in [0.05, 0.1) is 23.7 Å². The molecule has 0 amide bonds. The van der Waals surface area contributed by atoms with Gasteiger partial charge in [0, 0.05) is 15.8 Å². The van der Waals surface area contributed by atoms with Crippen LogP contribution in [-0.2, 0) is 34.1 Å². The minimum atomic E-state index is -1.11. The van der Waals surface area contributed by atoms with Gasteiger partial charge in [0.1, 0.15) is 0 Å². The summed E-state index contributed by atoms with van der Waals surface area (Å²) in [6.07, 6.45) is 3.56. The number of carbonyl (C=O) groups excluding carboxylic acids is 4. The van der Waals surface area contributed by atoms with Crippen LogP contribution in [0.3, 0.4) is 0 Å². The molecule has 2 heterocycles. The highest BCUT2D eigenvalue weighted by molar-refractivity contribution is 9.10. The van der Waals surface area contributed by atoms with Crippen molar-refractivity contribution in [2.24, 2.45) is 29.6 Å². The molecular formula is C18H11BrO6. The maximum absolute atomic E-state index is 12.5. The minimum Gasteiger partial charge on any atom is -0.393 e. The number of hydrogen-bond donors (Lipinski definition) is 0. The van der Waals surface area contributed by atoms with Crippen molar-refractivity contribution in [3.8, 4) is 0 Å². The Labute approximate surface area is 150 Å². The lowest BCUT2D eigenvalue weighted by molar-refractivity contribution is -0.154. The molecule has 6 nitrogen and oxygen atoms in total. The van der Waals surface area contributed by atoms with Crippen molar-refractivity contribution in [1.29, 1.82) is 0 Å². The predicted molar refractivity (Wildman–Crippen MR) is 84.6 cm³/mol. The molecule has 126 valence electrons. The van der Waals surface area contributed by atoms with E-state index in [2.05, 4.69) is 15.9 Å². The van der Waals surface area contributed by atoms with E-state index in [1.54, 1.807) is 36.4 Å². The molecule has 1 aromatic carbocycles. The van der Waals surface area contributed by atoms with Crippen LogP contribution in [0.2, 0.25) is 0 Å². The molecule has 1 aromatic rings. The Bertz CT molecular complexity index is 843. The fraction of sp³-hybridized carbons (Fsp3) is 0.333. The highest BCUT2D eigenvalue weighted by Crippen LogP contribution is 2.63. The first-order valence-corrected chi connectivity index (χ1v) is 8.71.